The summed E-state index contributed by atoms with van der Waals surface area (Å²) in [6.07, 6.45) is 55.8. The lowest BCUT2D eigenvalue weighted by molar-refractivity contribution is -0.161. The highest BCUT2D eigenvalue weighted by Gasteiger charge is 2.30. The Kier molecular flexibility index (Phi) is 66.5. The van der Waals surface area contributed by atoms with Crippen LogP contribution in [-0.4, -0.2) is 96.7 Å². The maximum Gasteiger partial charge on any atom is 0.472 e. The Labute approximate surface area is 581 Å². The van der Waals surface area contributed by atoms with Crippen molar-refractivity contribution in [3.05, 3.63) is 0 Å². The first-order valence-electron chi connectivity index (χ1n) is 39.5. The van der Waals surface area contributed by atoms with Crippen molar-refractivity contribution in [2.24, 2.45) is 11.8 Å². The van der Waals surface area contributed by atoms with Crippen molar-refractivity contribution in [1.29, 1.82) is 0 Å². The lowest BCUT2D eigenvalue weighted by atomic mass is 10.0. The SMILES string of the molecule is CCCCCCCCCCCCCCCCCCCCCCCC(=O)O[C@H](COC(=O)CCCCCCCCCCCCCC(C)C)COP(=O)(O)OC[C@@H](O)COP(=O)(O)OC[C@@H](COC(=O)CCCCCCCCC)OC(=O)CCCCCCCCCCCCC(C)C. The second-order valence-electron chi connectivity index (χ2n) is 28.3. The number of phosphoric acid groups is 2. The van der Waals surface area contributed by atoms with Crippen LogP contribution in [0.25, 0.3) is 0 Å². The molecule has 19 heteroatoms. The third-order valence-electron chi connectivity index (χ3n) is 17.7. The summed E-state index contributed by atoms with van der Waals surface area (Å²) in [5.74, 6) is -0.598. The van der Waals surface area contributed by atoms with Crippen LogP contribution in [0.15, 0.2) is 0 Å². The summed E-state index contributed by atoms with van der Waals surface area (Å²) >= 11 is 0. The number of phosphoric ester groups is 2. The molecular formula is C76H148O17P2. The zero-order valence-electron chi connectivity index (χ0n) is 62.0. The van der Waals surface area contributed by atoms with Gasteiger partial charge in [-0.15, -0.1) is 0 Å². The molecule has 0 saturated carbocycles. The van der Waals surface area contributed by atoms with Crippen LogP contribution >= 0.6 is 15.6 Å². The van der Waals surface area contributed by atoms with Gasteiger partial charge in [-0.3, -0.25) is 37.3 Å². The van der Waals surface area contributed by atoms with Crippen molar-refractivity contribution in [3.63, 3.8) is 0 Å². The molecule has 0 heterocycles. The number of hydrogen-bond donors (Lipinski definition) is 3. The van der Waals surface area contributed by atoms with Crippen LogP contribution in [0.3, 0.4) is 0 Å². The minimum Gasteiger partial charge on any atom is -0.462 e. The van der Waals surface area contributed by atoms with E-state index in [4.69, 9.17) is 37.0 Å². The van der Waals surface area contributed by atoms with Crippen molar-refractivity contribution < 1.29 is 80.2 Å². The molecule has 0 spiro atoms. The fraction of sp³-hybridized carbons (Fsp3) is 0.947. The molecule has 2 unspecified atom stereocenters. The van der Waals surface area contributed by atoms with Gasteiger partial charge in [0.05, 0.1) is 26.4 Å². The van der Waals surface area contributed by atoms with Gasteiger partial charge in [-0.2, -0.15) is 0 Å². The standard InChI is InChI=1S/C76H148O17P2/c1-7-9-11-13-15-16-17-18-19-20-21-22-23-24-25-26-29-36-42-48-54-60-75(80)93-72(65-87-74(79)59-53-47-41-35-30-27-28-33-39-44-50-56-68(3)4)67-91-95(84,85)89-63-70(77)62-88-94(82,83)90-66-71(64-86-73(78)58-52-46-38-14-12-10-8-2)92-76(81)61-55-49-43-37-32-31-34-40-45-51-57-69(5)6/h68-72,77H,7-67H2,1-6H3,(H,82,83)(H,84,85)/t70-,71+,72+/m0/s1. The Bertz CT molecular complexity index is 1840. The summed E-state index contributed by atoms with van der Waals surface area (Å²) in [6.45, 7) is 9.54. The molecule has 0 radical (unpaired) electrons. The number of aliphatic hydroxyl groups excluding tert-OH is 1. The van der Waals surface area contributed by atoms with Crippen LogP contribution in [0.5, 0.6) is 0 Å². The Morgan fingerprint density at radius 2 is 0.484 bits per heavy atom. The molecule has 0 rings (SSSR count). The number of unbranched alkanes of at least 4 members (excludes halogenated alkanes) is 45. The minimum atomic E-state index is -4.96. The maximum absolute atomic E-state index is 13.1. The van der Waals surface area contributed by atoms with E-state index >= 15 is 0 Å². The van der Waals surface area contributed by atoms with Crippen molar-refractivity contribution in [2.45, 2.75) is 413 Å². The number of carbonyl (C=O) groups excluding carboxylic acids is 4. The van der Waals surface area contributed by atoms with Gasteiger partial charge in [0.2, 0.25) is 0 Å². The van der Waals surface area contributed by atoms with Gasteiger partial charge in [-0.1, -0.05) is 343 Å². The van der Waals surface area contributed by atoms with E-state index in [0.29, 0.717) is 25.7 Å². The first-order chi connectivity index (χ1) is 45.9. The van der Waals surface area contributed by atoms with Gasteiger partial charge >= 0.3 is 39.5 Å². The van der Waals surface area contributed by atoms with Gasteiger partial charge in [0, 0.05) is 25.7 Å². The molecule has 95 heavy (non-hydrogen) atoms. The molecule has 5 atom stereocenters. The van der Waals surface area contributed by atoms with E-state index in [1.807, 2.05) is 0 Å². The topological polar surface area (TPSA) is 237 Å². The molecule has 3 N–H and O–H groups in total. The second kappa shape index (κ2) is 67.9. The fourth-order valence-corrected chi connectivity index (χ4v) is 13.2. The van der Waals surface area contributed by atoms with E-state index in [2.05, 4.69) is 41.5 Å². The summed E-state index contributed by atoms with van der Waals surface area (Å²) in [4.78, 5) is 72.6. The molecule has 0 fully saturated rings. The number of aliphatic hydroxyl groups is 1. The van der Waals surface area contributed by atoms with Gasteiger partial charge < -0.3 is 33.8 Å². The quantitative estimate of drug-likeness (QED) is 0.0222. The maximum atomic E-state index is 13.1. The number of rotatable bonds is 75. The Morgan fingerprint density at radius 1 is 0.284 bits per heavy atom. The summed E-state index contributed by atoms with van der Waals surface area (Å²) in [6, 6.07) is 0. The van der Waals surface area contributed by atoms with E-state index in [-0.39, 0.29) is 25.7 Å². The zero-order valence-corrected chi connectivity index (χ0v) is 63.8. The average molecular weight is 1400 g/mol. The van der Waals surface area contributed by atoms with Crippen LogP contribution in [0.1, 0.15) is 395 Å². The Hall–Kier alpha value is -1.94. The first kappa shape index (κ1) is 93.1. The van der Waals surface area contributed by atoms with Gasteiger partial charge in [0.25, 0.3) is 0 Å². The number of hydrogen-bond acceptors (Lipinski definition) is 15. The third kappa shape index (κ3) is 70.3. The van der Waals surface area contributed by atoms with E-state index in [9.17, 15) is 43.2 Å². The average Bonchev–Trinajstić information content (AvgIpc) is 2.99. The zero-order chi connectivity index (χ0) is 70.0. The number of ether oxygens (including phenoxy) is 4. The molecule has 0 aromatic rings. The van der Waals surface area contributed by atoms with Crippen LogP contribution < -0.4 is 0 Å². The van der Waals surface area contributed by atoms with E-state index < -0.39 is 97.5 Å². The molecule has 564 valence electrons. The van der Waals surface area contributed by atoms with Crippen LogP contribution in [0.2, 0.25) is 0 Å². The highest BCUT2D eigenvalue weighted by atomic mass is 31.2. The fourth-order valence-electron chi connectivity index (χ4n) is 11.7. The monoisotopic (exact) mass is 1400 g/mol. The smallest absolute Gasteiger partial charge is 0.462 e. The van der Waals surface area contributed by atoms with Gasteiger partial charge in [-0.25, -0.2) is 9.13 Å². The number of carbonyl (C=O) groups is 4. The molecule has 0 amide bonds. The molecule has 17 nitrogen and oxygen atoms in total. The highest BCUT2D eigenvalue weighted by molar-refractivity contribution is 7.47. The molecule has 0 aliphatic rings. The predicted octanol–water partition coefficient (Wildman–Crippen LogP) is 22.3. The third-order valence-corrected chi connectivity index (χ3v) is 19.6. The molecule has 0 aliphatic heterocycles. The van der Waals surface area contributed by atoms with Crippen LogP contribution in [0.4, 0.5) is 0 Å². The Morgan fingerprint density at radius 3 is 0.716 bits per heavy atom. The Balaban J connectivity index is 5.16. The van der Waals surface area contributed by atoms with Gasteiger partial charge in [-0.05, 0) is 37.5 Å². The van der Waals surface area contributed by atoms with Crippen LogP contribution in [-0.2, 0) is 65.4 Å². The number of esters is 4. The van der Waals surface area contributed by atoms with Crippen molar-refractivity contribution >= 4 is 39.5 Å². The lowest BCUT2D eigenvalue weighted by Gasteiger charge is -2.21. The van der Waals surface area contributed by atoms with Crippen LogP contribution in [0, 0.1) is 11.8 Å². The molecule has 0 aliphatic carbocycles. The summed E-state index contributed by atoms with van der Waals surface area (Å²) in [5, 5.41) is 10.6. The molecule has 0 bridgehead atoms. The predicted molar refractivity (Wildman–Crippen MR) is 386 cm³/mol. The largest absolute Gasteiger partial charge is 0.472 e. The van der Waals surface area contributed by atoms with Gasteiger partial charge in [0.15, 0.2) is 12.2 Å². The second-order valence-corrected chi connectivity index (χ2v) is 31.3. The molecule has 0 aromatic heterocycles. The van der Waals surface area contributed by atoms with Crippen molar-refractivity contribution in [2.75, 3.05) is 39.6 Å². The molecule has 0 saturated heterocycles. The first-order valence-corrected chi connectivity index (χ1v) is 42.5. The lowest BCUT2D eigenvalue weighted by Crippen LogP contribution is -2.30. The van der Waals surface area contributed by atoms with E-state index in [0.717, 1.165) is 115 Å². The minimum absolute atomic E-state index is 0.106. The van der Waals surface area contributed by atoms with Crippen molar-refractivity contribution in [3.8, 4) is 0 Å². The molecule has 0 aromatic carbocycles. The summed E-state index contributed by atoms with van der Waals surface area (Å²) in [7, 11) is -9.91. The van der Waals surface area contributed by atoms with Crippen molar-refractivity contribution in [1.82, 2.24) is 0 Å². The highest BCUT2D eigenvalue weighted by Crippen LogP contribution is 2.45. The summed E-state index contributed by atoms with van der Waals surface area (Å²) in [5.41, 5.74) is 0. The van der Waals surface area contributed by atoms with E-state index in [1.165, 1.54) is 199 Å². The normalized spacial score (nSPS) is 14.0. The summed E-state index contributed by atoms with van der Waals surface area (Å²) < 4.78 is 68.4. The van der Waals surface area contributed by atoms with E-state index in [1.54, 1.807) is 0 Å². The molecular weight excluding hydrogens is 1250 g/mol. The van der Waals surface area contributed by atoms with Gasteiger partial charge in [0.1, 0.15) is 19.3 Å².